The van der Waals surface area contributed by atoms with Gasteiger partial charge in [-0.2, -0.15) is 4.98 Å². The molecule has 2 rings (SSSR count). The minimum Gasteiger partial charge on any atom is -0.508 e. The van der Waals surface area contributed by atoms with Crippen LogP contribution in [0.3, 0.4) is 0 Å². The summed E-state index contributed by atoms with van der Waals surface area (Å²) in [6.45, 7) is 1.92. The van der Waals surface area contributed by atoms with E-state index in [1.807, 2.05) is 0 Å². The van der Waals surface area contributed by atoms with E-state index in [4.69, 9.17) is 9.26 Å². The van der Waals surface area contributed by atoms with Gasteiger partial charge < -0.3 is 14.4 Å². The molecule has 2 aromatic rings. The van der Waals surface area contributed by atoms with E-state index < -0.39 is 5.97 Å². The fourth-order valence-corrected chi connectivity index (χ4v) is 1.26. The summed E-state index contributed by atoms with van der Waals surface area (Å²) in [4.78, 5) is 15.2. The second kappa shape index (κ2) is 4.65. The van der Waals surface area contributed by atoms with Gasteiger partial charge in [0.25, 0.3) is 0 Å². The Morgan fingerprint density at radius 1 is 1.53 bits per heavy atom. The zero-order chi connectivity index (χ0) is 12.3. The molecule has 0 unspecified atom stereocenters. The van der Waals surface area contributed by atoms with E-state index in [-0.39, 0.29) is 24.1 Å². The van der Waals surface area contributed by atoms with Gasteiger partial charge in [0.05, 0.1) is 6.61 Å². The van der Waals surface area contributed by atoms with Gasteiger partial charge in [0.15, 0.2) is 0 Å². The summed E-state index contributed by atoms with van der Waals surface area (Å²) >= 11 is 0. The van der Waals surface area contributed by atoms with Crippen LogP contribution in [0.1, 0.15) is 17.6 Å². The second-order valence-electron chi connectivity index (χ2n) is 3.19. The van der Waals surface area contributed by atoms with Crippen LogP contribution in [0.2, 0.25) is 0 Å². The van der Waals surface area contributed by atoms with E-state index in [1.165, 1.54) is 12.1 Å². The van der Waals surface area contributed by atoms with Crippen LogP contribution in [0.5, 0.6) is 5.75 Å². The highest BCUT2D eigenvalue weighted by Crippen LogP contribution is 2.20. The highest BCUT2D eigenvalue weighted by Gasteiger charge is 2.16. The zero-order valence-corrected chi connectivity index (χ0v) is 9.08. The van der Waals surface area contributed by atoms with Gasteiger partial charge in [0.2, 0.25) is 5.82 Å². The van der Waals surface area contributed by atoms with Crippen molar-refractivity contribution in [2.45, 2.75) is 6.92 Å². The Balaban J connectivity index is 2.27. The van der Waals surface area contributed by atoms with Crippen molar-refractivity contribution in [1.29, 1.82) is 0 Å². The summed E-state index contributed by atoms with van der Waals surface area (Å²) < 4.78 is 9.47. The summed E-state index contributed by atoms with van der Waals surface area (Å²) in [7, 11) is 0. The minimum atomic E-state index is -0.661. The number of benzene rings is 1. The Kier molecular flexibility index (Phi) is 3.04. The summed E-state index contributed by atoms with van der Waals surface area (Å²) in [6.07, 6.45) is 0. The van der Waals surface area contributed by atoms with Gasteiger partial charge in [0, 0.05) is 5.56 Å². The summed E-state index contributed by atoms with van der Waals surface area (Å²) in [5.41, 5.74) is 0.560. The van der Waals surface area contributed by atoms with Gasteiger partial charge in [-0.1, -0.05) is 17.3 Å². The molecule has 6 heteroatoms. The number of aromatic nitrogens is 2. The van der Waals surface area contributed by atoms with Crippen LogP contribution in [0.25, 0.3) is 11.4 Å². The van der Waals surface area contributed by atoms with Gasteiger partial charge in [0.1, 0.15) is 5.75 Å². The molecule has 0 fully saturated rings. The van der Waals surface area contributed by atoms with Crippen LogP contribution in [0.4, 0.5) is 0 Å². The minimum absolute atomic E-state index is 0.0879. The maximum Gasteiger partial charge on any atom is 0.397 e. The third-order valence-electron chi connectivity index (χ3n) is 1.98. The lowest BCUT2D eigenvalue weighted by Gasteiger charge is -1.95. The van der Waals surface area contributed by atoms with Crippen molar-refractivity contribution in [2.75, 3.05) is 6.61 Å². The largest absolute Gasteiger partial charge is 0.508 e. The SMILES string of the molecule is CCOC(=O)c1nc(-c2cccc(O)c2)no1. The van der Waals surface area contributed by atoms with Crippen LogP contribution in [0.15, 0.2) is 28.8 Å². The van der Waals surface area contributed by atoms with Crippen LogP contribution in [-0.2, 0) is 4.74 Å². The molecular weight excluding hydrogens is 224 g/mol. The first-order valence-electron chi connectivity index (χ1n) is 5.01. The monoisotopic (exact) mass is 234 g/mol. The van der Waals surface area contributed by atoms with Crippen molar-refractivity contribution in [2.24, 2.45) is 0 Å². The lowest BCUT2D eigenvalue weighted by molar-refractivity contribution is 0.0470. The lowest BCUT2D eigenvalue weighted by Crippen LogP contribution is -2.04. The number of nitrogens with zero attached hydrogens (tertiary/aromatic N) is 2. The van der Waals surface area contributed by atoms with Crippen LogP contribution < -0.4 is 0 Å². The molecule has 0 amide bonds. The Hall–Kier alpha value is -2.37. The maximum absolute atomic E-state index is 11.3. The topological polar surface area (TPSA) is 85.5 Å². The van der Waals surface area contributed by atoms with Gasteiger partial charge in [-0.05, 0) is 19.1 Å². The number of ether oxygens (including phenoxy) is 1. The highest BCUT2D eigenvalue weighted by molar-refractivity contribution is 5.84. The average Bonchev–Trinajstić information content (AvgIpc) is 2.78. The van der Waals surface area contributed by atoms with Crippen molar-refractivity contribution >= 4 is 5.97 Å². The molecule has 0 saturated carbocycles. The van der Waals surface area contributed by atoms with E-state index in [0.717, 1.165) is 0 Å². The van der Waals surface area contributed by atoms with Crippen molar-refractivity contribution in [3.8, 4) is 17.1 Å². The first kappa shape index (κ1) is 11.1. The molecule has 0 aliphatic rings. The molecule has 0 bridgehead atoms. The summed E-state index contributed by atoms with van der Waals surface area (Å²) in [5, 5.41) is 12.9. The second-order valence-corrected chi connectivity index (χ2v) is 3.19. The van der Waals surface area contributed by atoms with E-state index in [1.54, 1.807) is 19.1 Å². The third-order valence-corrected chi connectivity index (χ3v) is 1.98. The molecule has 1 aromatic heterocycles. The number of rotatable bonds is 3. The molecule has 0 atom stereocenters. The van der Waals surface area contributed by atoms with E-state index in [2.05, 4.69) is 10.1 Å². The number of carbonyl (C=O) groups is 1. The van der Waals surface area contributed by atoms with Gasteiger partial charge in [-0.3, -0.25) is 0 Å². The molecule has 88 valence electrons. The number of hydrogen-bond donors (Lipinski definition) is 1. The van der Waals surface area contributed by atoms with Crippen LogP contribution in [-0.4, -0.2) is 27.8 Å². The first-order chi connectivity index (χ1) is 8.20. The standard InChI is InChI=1S/C11H10N2O4/c1-2-16-11(15)10-12-9(13-17-10)7-4-3-5-8(14)6-7/h3-6,14H,2H2,1H3. The molecule has 1 aromatic carbocycles. The summed E-state index contributed by atoms with van der Waals surface area (Å²) in [5.74, 6) is -0.550. The van der Waals surface area contributed by atoms with Gasteiger partial charge in [-0.15, -0.1) is 0 Å². The molecule has 1 N–H and O–H groups in total. The zero-order valence-electron chi connectivity index (χ0n) is 9.08. The van der Waals surface area contributed by atoms with Crippen molar-refractivity contribution in [3.63, 3.8) is 0 Å². The van der Waals surface area contributed by atoms with Crippen LogP contribution >= 0.6 is 0 Å². The number of hydrogen-bond acceptors (Lipinski definition) is 6. The number of aromatic hydroxyl groups is 1. The molecule has 0 radical (unpaired) electrons. The van der Waals surface area contributed by atoms with E-state index in [0.29, 0.717) is 5.56 Å². The molecule has 6 nitrogen and oxygen atoms in total. The fraction of sp³-hybridized carbons (Fsp3) is 0.182. The number of esters is 1. The molecule has 0 aliphatic carbocycles. The molecule has 0 saturated heterocycles. The number of phenolic OH excluding ortho intramolecular Hbond substituents is 1. The molecule has 1 heterocycles. The average molecular weight is 234 g/mol. The predicted molar refractivity (Wildman–Crippen MR) is 57.4 cm³/mol. The molecular formula is C11H10N2O4. The van der Waals surface area contributed by atoms with Crippen LogP contribution in [0, 0.1) is 0 Å². The molecule has 17 heavy (non-hydrogen) atoms. The lowest BCUT2D eigenvalue weighted by atomic mass is 10.2. The molecule has 0 spiro atoms. The third kappa shape index (κ3) is 2.41. The predicted octanol–water partition coefficient (Wildman–Crippen LogP) is 1.62. The smallest absolute Gasteiger partial charge is 0.397 e. The maximum atomic E-state index is 11.3. The van der Waals surface area contributed by atoms with Gasteiger partial charge in [-0.25, -0.2) is 4.79 Å². The number of phenols is 1. The highest BCUT2D eigenvalue weighted by atomic mass is 16.6. The first-order valence-corrected chi connectivity index (χ1v) is 5.01. The molecule has 0 aliphatic heterocycles. The Morgan fingerprint density at radius 2 is 2.35 bits per heavy atom. The van der Waals surface area contributed by atoms with E-state index >= 15 is 0 Å². The fourth-order valence-electron chi connectivity index (χ4n) is 1.26. The van der Waals surface area contributed by atoms with Crippen molar-refractivity contribution in [3.05, 3.63) is 30.2 Å². The van der Waals surface area contributed by atoms with E-state index in [9.17, 15) is 9.90 Å². The van der Waals surface area contributed by atoms with Crippen molar-refractivity contribution < 1.29 is 19.2 Å². The van der Waals surface area contributed by atoms with Crippen molar-refractivity contribution in [1.82, 2.24) is 10.1 Å². The summed E-state index contributed by atoms with van der Waals surface area (Å²) in [6, 6.07) is 6.33. The number of carbonyl (C=O) groups excluding carboxylic acids is 1. The van der Waals surface area contributed by atoms with Gasteiger partial charge >= 0.3 is 11.9 Å². The Morgan fingerprint density at radius 3 is 3.06 bits per heavy atom. The quantitative estimate of drug-likeness (QED) is 0.812. The Bertz CT molecular complexity index is 536. The Labute approximate surface area is 96.8 Å². The normalized spacial score (nSPS) is 10.2.